The Morgan fingerprint density at radius 3 is 2.90 bits per heavy atom. The molecule has 0 radical (unpaired) electrons. The lowest BCUT2D eigenvalue weighted by Gasteiger charge is -2.15. The standard InChI is InChI=1S/C13H18N2O5/c1-2-10(6-7-16)14-13(17)9-20-12-5-3-4-11(8-12)15(18)19/h3-5,8,10,16H,2,6-7,9H2,1H3,(H,14,17). The molecular weight excluding hydrogens is 264 g/mol. The van der Waals surface area contributed by atoms with Gasteiger partial charge < -0.3 is 15.2 Å². The van der Waals surface area contributed by atoms with Crippen molar-refractivity contribution < 1.29 is 19.6 Å². The van der Waals surface area contributed by atoms with Gasteiger partial charge in [0.05, 0.1) is 11.0 Å². The lowest BCUT2D eigenvalue weighted by molar-refractivity contribution is -0.384. The van der Waals surface area contributed by atoms with Crippen molar-refractivity contribution in [3.63, 3.8) is 0 Å². The normalized spacial score (nSPS) is 11.7. The summed E-state index contributed by atoms with van der Waals surface area (Å²) in [7, 11) is 0. The number of nitrogens with zero attached hydrogens (tertiary/aromatic N) is 1. The van der Waals surface area contributed by atoms with Crippen molar-refractivity contribution in [1.82, 2.24) is 5.32 Å². The quantitative estimate of drug-likeness (QED) is 0.552. The fourth-order valence-corrected chi connectivity index (χ4v) is 1.64. The third-order valence-electron chi connectivity index (χ3n) is 2.73. The molecule has 7 nitrogen and oxygen atoms in total. The van der Waals surface area contributed by atoms with E-state index in [1.54, 1.807) is 6.07 Å². The number of ether oxygens (including phenoxy) is 1. The molecule has 1 unspecified atom stereocenters. The van der Waals surface area contributed by atoms with Crippen molar-refractivity contribution in [2.24, 2.45) is 0 Å². The molecule has 1 aromatic carbocycles. The molecule has 0 fully saturated rings. The maximum Gasteiger partial charge on any atom is 0.273 e. The maximum atomic E-state index is 11.6. The van der Waals surface area contributed by atoms with Gasteiger partial charge in [-0.05, 0) is 18.9 Å². The van der Waals surface area contributed by atoms with Crippen LogP contribution < -0.4 is 10.1 Å². The van der Waals surface area contributed by atoms with Crippen LogP contribution in [-0.4, -0.2) is 35.2 Å². The first-order valence-electron chi connectivity index (χ1n) is 6.34. The van der Waals surface area contributed by atoms with Crippen molar-refractivity contribution in [3.05, 3.63) is 34.4 Å². The molecule has 0 spiro atoms. The van der Waals surface area contributed by atoms with Crippen molar-refractivity contribution in [2.45, 2.75) is 25.8 Å². The predicted molar refractivity (Wildman–Crippen MR) is 72.5 cm³/mol. The number of benzene rings is 1. The Bertz CT molecular complexity index is 464. The fraction of sp³-hybridized carbons (Fsp3) is 0.462. The molecule has 1 amide bonds. The molecule has 0 aliphatic rings. The van der Waals surface area contributed by atoms with E-state index in [0.717, 1.165) is 0 Å². The van der Waals surface area contributed by atoms with E-state index < -0.39 is 4.92 Å². The molecule has 20 heavy (non-hydrogen) atoms. The van der Waals surface area contributed by atoms with Gasteiger partial charge in [-0.3, -0.25) is 14.9 Å². The minimum absolute atomic E-state index is 0.00449. The Kier molecular flexibility index (Phi) is 6.45. The van der Waals surface area contributed by atoms with Gasteiger partial charge in [0, 0.05) is 18.7 Å². The van der Waals surface area contributed by atoms with Crippen molar-refractivity contribution in [1.29, 1.82) is 0 Å². The molecule has 0 aliphatic carbocycles. The monoisotopic (exact) mass is 282 g/mol. The molecule has 110 valence electrons. The van der Waals surface area contributed by atoms with E-state index in [9.17, 15) is 14.9 Å². The van der Waals surface area contributed by atoms with Crippen LogP contribution in [0.3, 0.4) is 0 Å². The van der Waals surface area contributed by atoms with Gasteiger partial charge in [-0.2, -0.15) is 0 Å². The molecule has 2 N–H and O–H groups in total. The van der Waals surface area contributed by atoms with Crippen LogP contribution in [-0.2, 0) is 4.79 Å². The summed E-state index contributed by atoms with van der Waals surface area (Å²) in [5, 5.41) is 22.1. The second-order valence-corrected chi connectivity index (χ2v) is 4.23. The summed E-state index contributed by atoms with van der Waals surface area (Å²) >= 11 is 0. The Balaban J connectivity index is 2.48. The number of carbonyl (C=O) groups is 1. The van der Waals surface area contributed by atoms with Crippen molar-refractivity contribution in [2.75, 3.05) is 13.2 Å². The van der Waals surface area contributed by atoms with Crippen LogP contribution in [0.2, 0.25) is 0 Å². The van der Waals surface area contributed by atoms with E-state index in [1.165, 1.54) is 18.2 Å². The number of carbonyl (C=O) groups excluding carboxylic acids is 1. The van der Waals surface area contributed by atoms with Crippen LogP contribution in [0.25, 0.3) is 0 Å². The third-order valence-corrected chi connectivity index (χ3v) is 2.73. The number of hydrogen-bond donors (Lipinski definition) is 2. The van der Waals surface area contributed by atoms with Gasteiger partial charge in [0.1, 0.15) is 5.75 Å². The van der Waals surface area contributed by atoms with E-state index in [4.69, 9.17) is 9.84 Å². The molecule has 0 aliphatic heterocycles. The molecule has 1 atom stereocenters. The Morgan fingerprint density at radius 2 is 2.30 bits per heavy atom. The zero-order valence-electron chi connectivity index (χ0n) is 11.2. The minimum atomic E-state index is -0.526. The maximum absolute atomic E-state index is 11.6. The summed E-state index contributed by atoms with van der Waals surface area (Å²) in [6, 6.07) is 5.55. The lowest BCUT2D eigenvalue weighted by atomic mass is 10.1. The lowest BCUT2D eigenvalue weighted by Crippen LogP contribution is -2.38. The summed E-state index contributed by atoms with van der Waals surface area (Å²) in [5.41, 5.74) is -0.0883. The summed E-state index contributed by atoms with van der Waals surface area (Å²) in [4.78, 5) is 21.7. The average molecular weight is 282 g/mol. The van der Waals surface area contributed by atoms with Crippen LogP contribution in [0.1, 0.15) is 19.8 Å². The highest BCUT2D eigenvalue weighted by Gasteiger charge is 2.11. The highest BCUT2D eigenvalue weighted by molar-refractivity contribution is 5.77. The number of amides is 1. The van der Waals surface area contributed by atoms with E-state index in [1.807, 2.05) is 6.92 Å². The number of nitrogens with one attached hydrogen (secondary N) is 1. The number of aliphatic hydroxyl groups is 1. The number of nitro benzene ring substituents is 1. The molecule has 0 bridgehead atoms. The number of rotatable bonds is 8. The van der Waals surface area contributed by atoms with Crippen LogP contribution >= 0.6 is 0 Å². The first-order chi connectivity index (χ1) is 9.56. The Hall–Kier alpha value is -2.15. The molecule has 1 aromatic rings. The van der Waals surface area contributed by atoms with Gasteiger partial charge in [-0.15, -0.1) is 0 Å². The number of aliphatic hydroxyl groups excluding tert-OH is 1. The van der Waals surface area contributed by atoms with Gasteiger partial charge in [0.2, 0.25) is 0 Å². The zero-order valence-corrected chi connectivity index (χ0v) is 11.2. The number of hydrogen-bond acceptors (Lipinski definition) is 5. The molecule has 0 saturated heterocycles. The molecule has 7 heteroatoms. The Labute approximate surface area is 116 Å². The van der Waals surface area contributed by atoms with Crippen LogP contribution in [0, 0.1) is 10.1 Å². The second-order valence-electron chi connectivity index (χ2n) is 4.23. The van der Waals surface area contributed by atoms with Crippen molar-refractivity contribution >= 4 is 11.6 Å². The van der Waals surface area contributed by atoms with Gasteiger partial charge in [-0.1, -0.05) is 13.0 Å². The van der Waals surface area contributed by atoms with Gasteiger partial charge >= 0.3 is 0 Å². The average Bonchev–Trinajstić information content (AvgIpc) is 2.45. The summed E-state index contributed by atoms with van der Waals surface area (Å²) in [6.45, 7) is 1.69. The highest BCUT2D eigenvalue weighted by atomic mass is 16.6. The third kappa shape index (κ3) is 5.23. The predicted octanol–water partition coefficient (Wildman–Crippen LogP) is 1.25. The van der Waals surface area contributed by atoms with Crippen molar-refractivity contribution in [3.8, 4) is 5.75 Å². The highest BCUT2D eigenvalue weighted by Crippen LogP contribution is 2.18. The smallest absolute Gasteiger partial charge is 0.273 e. The van der Waals surface area contributed by atoms with Crippen LogP contribution in [0.15, 0.2) is 24.3 Å². The largest absolute Gasteiger partial charge is 0.484 e. The van der Waals surface area contributed by atoms with Gasteiger partial charge in [0.15, 0.2) is 6.61 Å². The van der Waals surface area contributed by atoms with E-state index in [2.05, 4.69) is 5.32 Å². The Morgan fingerprint density at radius 1 is 1.55 bits per heavy atom. The van der Waals surface area contributed by atoms with E-state index in [0.29, 0.717) is 12.8 Å². The van der Waals surface area contributed by atoms with Crippen LogP contribution in [0.5, 0.6) is 5.75 Å². The van der Waals surface area contributed by atoms with Gasteiger partial charge in [0.25, 0.3) is 11.6 Å². The van der Waals surface area contributed by atoms with E-state index >= 15 is 0 Å². The molecule has 0 saturated carbocycles. The minimum Gasteiger partial charge on any atom is -0.484 e. The molecule has 0 heterocycles. The van der Waals surface area contributed by atoms with E-state index in [-0.39, 0.29) is 36.6 Å². The summed E-state index contributed by atoms with van der Waals surface area (Å²) < 4.78 is 5.20. The fourth-order valence-electron chi connectivity index (χ4n) is 1.64. The SMILES string of the molecule is CCC(CCO)NC(=O)COc1cccc([N+](=O)[O-])c1. The topological polar surface area (TPSA) is 102 Å². The second kappa shape index (κ2) is 8.11. The summed E-state index contributed by atoms with van der Waals surface area (Å²) in [5.74, 6) is -0.0543. The summed E-state index contributed by atoms with van der Waals surface area (Å²) in [6.07, 6.45) is 1.20. The zero-order chi connectivity index (χ0) is 15.0. The number of non-ortho nitro benzene ring substituents is 1. The molecule has 1 rings (SSSR count). The first kappa shape index (κ1) is 15.9. The molecule has 0 aromatic heterocycles. The first-order valence-corrected chi connectivity index (χ1v) is 6.34. The van der Waals surface area contributed by atoms with Gasteiger partial charge in [-0.25, -0.2) is 0 Å². The van der Waals surface area contributed by atoms with Crippen LogP contribution in [0.4, 0.5) is 5.69 Å². The molecular formula is C13H18N2O5. The number of nitro groups is 1.